The Labute approximate surface area is 132 Å². The molecule has 1 aromatic carbocycles. The van der Waals surface area contributed by atoms with Gasteiger partial charge in [-0.2, -0.15) is 4.31 Å². The summed E-state index contributed by atoms with van der Waals surface area (Å²) in [5.74, 6) is -1.03. The van der Waals surface area contributed by atoms with Crippen molar-refractivity contribution in [1.82, 2.24) is 4.31 Å². The Morgan fingerprint density at radius 2 is 2.00 bits per heavy atom. The lowest BCUT2D eigenvalue weighted by atomic mass is 10.0. The van der Waals surface area contributed by atoms with Crippen molar-refractivity contribution >= 4 is 27.3 Å². The number of hydrogen-bond donors (Lipinski definition) is 1. The molecule has 5 nitrogen and oxygen atoms in total. The maximum atomic E-state index is 12.8. The average Bonchev–Trinajstić information content (AvgIpc) is 3.01. The van der Waals surface area contributed by atoms with Crippen LogP contribution in [0, 0.1) is 13.8 Å². The number of nitrogens with zero attached hydrogens (tertiary/aromatic N) is 1. The van der Waals surface area contributed by atoms with Gasteiger partial charge in [0.05, 0.1) is 5.56 Å². The summed E-state index contributed by atoms with van der Waals surface area (Å²) in [4.78, 5) is 12.2. The second kappa shape index (κ2) is 5.19. The van der Waals surface area contributed by atoms with Gasteiger partial charge >= 0.3 is 5.97 Å². The average molecular weight is 337 g/mol. The fraction of sp³-hybridized carbons (Fsp3) is 0.267. The van der Waals surface area contributed by atoms with Crippen LogP contribution < -0.4 is 0 Å². The molecule has 1 N–H and O–H groups in total. The minimum atomic E-state index is -3.60. The molecule has 0 aliphatic carbocycles. The van der Waals surface area contributed by atoms with Crippen LogP contribution >= 0.6 is 11.3 Å². The molecule has 0 spiro atoms. The van der Waals surface area contributed by atoms with Crippen molar-refractivity contribution in [1.29, 1.82) is 0 Å². The van der Waals surface area contributed by atoms with E-state index in [0.717, 1.165) is 16.0 Å². The second-order valence-electron chi connectivity index (χ2n) is 5.35. The first-order chi connectivity index (χ1) is 10.3. The number of fused-ring (bicyclic) bond motifs is 1. The number of aryl methyl sites for hydroxylation is 2. The molecule has 3 rings (SSSR count). The van der Waals surface area contributed by atoms with Crippen LogP contribution in [0.4, 0.5) is 0 Å². The third kappa shape index (κ3) is 2.35. The van der Waals surface area contributed by atoms with E-state index in [0.29, 0.717) is 9.77 Å². The molecule has 0 unspecified atom stereocenters. The number of sulfonamides is 1. The zero-order chi connectivity index (χ0) is 16.1. The number of hydrogen-bond acceptors (Lipinski definition) is 4. The molecule has 0 saturated heterocycles. The normalized spacial score (nSPS) is 15.0. The Balaban J connectivity index is 2.01. The number of carboxylic acids is 1. The van der Waals surface area contributed by atoms with E-state index in [1.54, 1.807) is 19.1 Å². The molecule has 2 heterocycles. The summed E-state index contributed by atoms with van der Waals surface area (Å²) in [6.45, 7) is 3.98. The highest BCUT2D eigenvalue weighted by molar-refractivity contribution is 7.91. The second-order valence-corrected chi connectivity index (χ2v) is 8.74. The Morgan fingerprint density at radius 1 is 1.27 bits per heavy atom. The largest absolute Gasteiger partial charge is 0.478 e. The summed E-state index contributed by atoms with van der Waals surface area (Å²) >= 11 is 1.25. The zero-order valence-corrected chi connectivity index (χ0v) is 13.8. The van der Waals surface area contributed by atoms with Gasteiger partial charge in [-0.1, -0.05) is 12.1 Å². The highest BCUT2D eigenvalue weighted by Crippen LogP contribution is 2.34. The van der Waals surface area contributed by atoms with Crippen molar-refractivity contribution in [3.8, 4) is 0 Å². The van der Waals surface area contributed by atoms with Gasteiger partial charge in [0.15, 0.2) is 0 Å². The standard InChI is InChI=1S/C15H15NO4S2/c1-9-6-10(2)21-15(9)22(19,20)16-7-11-4-3-5-12(14(17)18)13(11)8-16/h3-6H,7-8H2,1-2H3,(H,17,18). The molecule has 0 saturated carbocycles. The van der Waals surface area contributed by atoms with Crippen molar-refractivity contribution in [2.24, 2.45) is 0 Å². The Kier molecular flexibility index (Phi) is 3.58. The Bertz CT molecular complexity index is 868. The molecule has 1 aromatic heterocycles. The topological polar surface area (TPSA) is 74.7 Å². The maximum Gasteiger partial charge on any atom is 0.336 e. The van der Waals surface area contributed by atoms with Gasteiger partial charge in [0, 0.05) is 18.0 Å². The summed E-state index contributed by atoms with van der Waals surface area (Å²) in [5.41, 5.74) is 2.25. The van der Waals surface area contributed by atoms with Gasteiger partial charge in [-0.05, 0) is 42.7 Å². The molecular weight excluding hydrogens is 322 g/mol. The lowest BCUT2D eigenvalue weighted by Crippen LogP contribution is -2.25. The predicted molar refractivity (Wildman–Crippen MR) is 83.6 cm³/mol. The molecule has 0 fully saturated rings. The molecule has 0 amide bonds. The fourth-order valence-corrected chi connectivity index (χ4v) is 5.94. The van der Waals surface area contributed by atoms with E-state index in [-0.39, 0.29) is 18.7 Å². The first kappa shape index (κ1) is 15.2. The predicted octanol–water partition coefficient (Wildman–Crippen LogP) is 2.77. The van der Waals surface area contributed by atoms with E-state index in [1.165, 1.54) is 21.7 Å². The maximum absolute atomic E-state index is 12.8. The van der Waals surface area contributed by atoms with E-state index in [9.17, 15) is 18.3 Å². The van der Waals surface area contributed by atoms with Gasteiger partial charge in [-0.3, -0.25) is 0 Å². The Morgan fingerprint density at radius 3 is 2.59 bits per heavy atom. The van der Waals surface area contributed by atoms with Crippen LogP contribution in [-0.2, 0) is 23.1 Å². The summed E-state index contributed by atoms with van der Waals surface area (Å²) in [6, 6.07) is 6.80. The van der Waals surface area contributed by atoms with E-state index >= 15 is 0 Å². The third-order valence-electron chi connectivity index (χ3n) is 3.75. The fourth-order valence-electron chi connectivity index (χ4n) is 2.76. The summed E-state index contributed by atoms with van der Waals surface area (Å²) in [5, 5.41) is 9.24. The third-order valence-corrected chi connectivity index (χ3v) is 7.31. The minimum Gasteiger partial charge on any atom is -0.478 e. The van der Waals surface area contributed by atoms with Crippen LogP contribution in [0.3, 0.4) is 0 Å². The smallest absolute Gasteiger partial charge is 0.336 e. The summed E-state index contributed by atoms with van der Waals surface area (Å²) < 4.78 is 27.3. The van der Waals surface area contributed by atoms with Crippen LogP contribution in [0.1, 0.15) is 31.9 Å². The van der Waals surface area contributed by atoms with Crippen LogP contribution in [0.25, 0.3) is 0 Å². The lowest BCUT2D eigenvalue weighted by Gasteiger charge is -2.15. The van der Waals surface area contributed by atoms with Gasteiger partial charge in [-0.15, -0.1) is 11.3 Å². The van der Waals surface area contributed by atoms with Crippen molar-refractivity contribution in [2.75, 3.05) is 0 Å². The molecule has 7 heteroatoms. The first-order valence-electron chi connectivity index (χ1n) is 6.72. The molecule has 2 aromatic rings. The SMILES string of the molecule is Cc1cc(C)c(S(=O)(=O)N2Cc3cccc(C(=O)O)c3C2)s1. The molecule has 1 aliphatic heterocycles. The van der Waals surface area contributed by atoms with Crippen LogP contribution in [0.5, 0.6) is 0 Å². The van der Waals surface area contributed by atoms with Crippen molar-refractivity contribution in [3.05, 3.63) is 51.4 Å². The van der Waals surface area contributed by atoms with Crippen LogP contribution in [0.15, 0.2) is 28.5 Å². The van der Waals surface area contributed by atoms with Crippen molar-refractivity contribution < 1.29 is 18.3 Å². The van der Waals surface area contributed by atoms with Gasteiger partial charge < -0.3 is 5.11 Å². The zero-order valence-electron chi connectivity index (χ0n) is 12.2. The van der Waals surface area contributed by atoms with Gasteiger partial charge in [0.2, 0.25) is 0 Å². The quantitative estimate of drug-likeness (QED) is 0.934. The number of rotatable bonds is 3. The highest BCUT2D eigenvalue weighted by atomic mass is 32.2. The van der Waals surface area contributed by atoms with E-state index < -0.39 is 16.0 Å². The summed E-state index contributed by atoms with van der Waals surface area (Å²) in [7, 11) is -3.60. The lowest BCUT2D eigenvalue weighted by molar-refractivity contribution is 0.0695. The first-order valence-corrected chi connectivity index (χ1v) is 8.97. The van der Waals surface area contributed by atoms with E-state index in [4.69, 9.17) is 0 Å². The molecule has 22 heavy (non-hydrogen) atoms. The molecule has 0 bridgehead atoms. The van der Waals surface area contributed by atoms with Crippen molar-refractivity contribution in [3.63, 3.8) is 0 Å². The number of carboxylic acid groups (broad SMARTS) is 1. The molecular formula is C15H15NO4S2. The highest BCUT2D eigenvalue weighted by Gasteiger charge is 2.34. The van der Waals surface area contributed by atoms with Crippen molar-refractivity contribution in [2.45, 2.75) is 31.1 Å². The number of aromatic carboxylic acids is 1. The molecule has 116 valence electrons. The Hall–Kier alpha value is -1.70. The van der Waals surface area contributed by atoms with E-state index in [1.807, 2.05) is 13.0 Å². The number of thiophene rings is 1. The number of carbonyl (C=O) groups is 1. The molecule has 0 atom stereocenters. The molecule has 1 aliphatic rings. The van der Waals surface area contributed by atoms with Crippen LogP contribution in [0.2, 0.25) is 0 Å². The molecule has 0 radical (unpaired) electrons. The summed E-state index contributed by atoms with van der Waals surface area (Å²) in [6.07, 6.45) is 0. The van der Waals surface area contributed by atoms with Gasteiger partial charge in [-0.25, -0.2) is 13.2 Å². The monoisotopic (exact) mass is 337 g/mol. The van der Waals surface area contributed by atoms with Gasteiger partial charge in [0.1, 0.15) is 4.21 Å². The van der Waals surface area contributed by atoms with Gasteiger partial charge in [0.25, 0.3) is 10.0 Å². The minimum absolute atomic E-state index is 0.108. The van der Waals surface area contributed by atoms with Crippen LogP contribution in [-0.4, -0.2) is 23.8 Å². The number of benzene rings is 1. The van der Waals surface area contributed by atoms with E-state index in [2.05, 4.69) is 0 Å².